The summed E-state index contributed by atoms with van der Waals surface area (Å²) in [5, 5.41) is 2.96. The fourth-order valence-corrected chi connectivity index (χ4v) is 3.42. The Balaban J connectivity index is 1.59. The van der Waals surface area contributed by atoms with Crippen molar-refractivity contribution in [2.24, 2.45) is 0 Å². The van der Waals surface area contributed by atoms with Gasteiger partial charge in [-0.3, -0.25) is 4.79 Å². The van der Waals surface area contributed by atoms with Crippen LogP contribution in [0.3, 0.4) is 0 Å². The lowest BCUT2D eigenvalue weighted by Gasteiger charge is -2.32. The summed E-state index contributed by atoms with van der Waals surface area (Å²) in [6.45, 7) is 8.63. The van der Waals surface area contributed by atoms with Gasteiger partial charge in [-0.2, -0.15) is 0 Å². The number of carbonyl (C=O) groups is 1. The summed E-state index contributed by atoms with van der Waals surface area (Å²) < 4.78 is 23.3. The normalized spacial score (nSPS) is 18.9. The van der Waals surface area contributed by atoms with Gasteiger partial charge < -0.3 is 24.1 Å². The lowest BCUT2D eigenvalue weighted by Crippen LogP contribution is -2.41. The molecule has 152 valence electrons. The molecule has 2 aliphatic rings. The summed E-state index contributed by atoms with van der Waals surface area (Å²) in [5.41, 5.74) is 2.11. The van der Waals surface area contributed by atoms with Gasteiger partial charge in [-0.25, -0.2) is 4.98 Å². The van der Waals surface area contributed by atoms with E-state index in [1.807, 2.05) is 39.8 Å². The lowest BCUT2D eigenvalue weighted by atomic mass is 9.77. The van der Waals surface area contributed by atoms with Crippen LogP contribution in [0.5, 0.6) is 11.6 Å². The van der Waals surface area contributed by atoms with Crippen LogP contribution in [0.25, 0.3) is 0 Å². The molecular weight excluding hydrogens is 371 g/mol. The van der Waals surface area contributed by atoms with E-state index in [2.05, 4.69) is 10.3 Å². The number of carbonyl (C=O) groups excluding carboxylic acids is 1. The molecule has 7 nitrogen and oxygen atoms in total. The van der Waals surface area contributed by atoms with Crippen LogP contribution in [0.2, 0.25) is 0 Å². The minimum Gasteiger partial charge on any atom is -0.493 e. The number of benzene rings is 1. The largest absolute Gasteiger partial charge is 0.498 e. The van der Waals surface area contributed by atoms with Crippen LogP contribution in [0, 0.1) is 0 Å². The van der Waals surface area contributed by atoms with Crippen LogP contribution in [0.4, 0.5) is 5.69 Å². The van der Waals surface area contributed by atoms with E-state index in [9.17, 15) is 4.79 Å². The fraction of sp³-hybridized carbons (Fsp3) is 0.429. The molecule has 0 spiro atoms. The minimum atomic E-state index is -0.512. The molecule has 4 rings (SSSR count). The van der Waals surface area contributed by atoms with Gasteiger partial charge in [0.15, 0.2) is 0 Å². The van der Waals surface area contributed by atoms with Gasteiger partial charge in [-0.05, 0) is 39.8 Å². The molecule has 0 atom stereocenters. The average Bonchev–Trinajstić information content (AvgIpc) is 3.24. The van der Waals surface area contributed by atoms with Gasteiger partial charge in [0.2, 0.25) is 5.88 Å². The number of hydrogen-bond acceptors (Lipinski definition) is 6. The van der Waals surface area contributed by atoms with Crippen molar-refractivity contribution in [1.29, 1.82) is 0 Å². The predicted molar refractivity (Wildman–Crippen MR) is 110 cm³/mol. The molecule has 1 aromatic carbocycles. The van der Waals surface area contributed by atoms with Crippen LogP contribution in [-0.4, -0.2) is 42.9 Å². The maximum atomic E-state index is 12.6. The van der Waals surface area contributed by atoms with E-state index in [1.165, 1.54) is 13.3 Å². The quantitative estimate of drug-likeness (QED) is 0.801. The Kier molecular flexibility index (Phi) is 4.79. The summed E-state index contributed by atoms with van der Waals surface area (Å²) >= 11 is 0. The molecule has 0 saturated carbocycles. The monoisotopic (exact) mass is 396 g/mol. The molecule has 0 bridgehead atoms. The zero-order chi connectivity index (χ0) is 20.8. The number of nitrogens with zero attached hydrogens (tertiary/aromatic N) is 1. The van der Waals surface area contributed by atoms with Crippen molar-refractivity contribution in [3.63, 3.8) is 0 Å². The number of rotatable bonds is 4. The number of fused-ring (bicyclic) bond motifs is 1. The summed E-state index contributed by atoms with van der Waals surface area (Å²) in [5.74, 6) is 0.953. The third-order valence-corrected chi connectivity index (χ3v) is 5.85. The molecule has 1 saturated heterocycles. The van der Waals surface area contributed by atoms with E-state index < -0.39 is 18.3 Å². The summed E-state index contributed by atoms with van der Waals surface area (Å²) in [6.07, 6.45) is 2.20. The second kappa shape index (κ2) is 7.04. The van der Waals surface area contributed by atoms with Crippen molar-refractivity contribution in [2.75, 3.05) is 19.0 Å². The molecule has 1 amide bonds. The van der Waals surface area contributed by atoms with Crippen molar-refractivity contribution >= 4 is 24.2 Å². The Morgan fingerprint density at radius 2 is 1.86 bits per heavy atom. The third kappa shape index (κ3) is 3.47. The maximum absolute atomic E-state index is 12.6. The molecule has 0 unspecified atom stereocenters. The first-order valence-corrected chi connectivity index (χ1v) is 9.67. The van der Waals surface area contributed by atoms with Gasteiger partial charge in [0.1, 0.15) is 5.75 Å². The first-order valence-electron chi connectivity index (χ1n) is 9.67. The van der Waals surface area contributed by atoms with Gasteiger partial charge in [0.25, 0.3) is 5.91 Å². The minimum absolute atomic E-state index is 0.238. The van der Waals surface area contributed by atoms with Gasteiger partial charge >= 0.3 is 7.12 Å². The summed E-state index contributed by atoms with van der Waals surface area (Å²) in [4.78, 5) is 16.7. The number of ether oxygens (including phenoxy) is 2. The van der Waals surface area contributed by atoms with Crippen LogP contribution < -0.4 is 20.3 Å². The van der Waals surface area contributed by atoms with Gasteiger partial charge in [-0.1, -0.05) is 6.07 Å². The van der Waals surface area contributed by atoms with E-state index in [0.717, 1.165) is 22.5 Å². The van der Waals surface area contributed by atoms with Crippen LogP contribution in [0.15, 0.2) is 30.5 Å². The number of anilines is 1. The molecular formula is C21H25BN2O5. The Hall–Kier alpha value is -2.58. The summed E-state index contributed by atoms with van der Waals surface area (Å²) in [6, 6.07) is 7.11. The summed E-state index contributed by atoms with van der Waals surface area (Å²) in [7, 11) is 1.02. The Bertz CT molecular complexity index is 927. The highest BCUT2D eigenvalue weighted by Gasteiger charge is 2.53. The molecule has 1 fully saturated rings. The molecule has 1 N–H and O–H groups in total. The van der Waals surface area contributed by atoms with Crippen molar-refractivity contribution in [1.82, 2.24) is 4.98 Å². The van der Waals surface area contributed by atoms with Gasteiger partial charge in [0, 0.05) is 35.4 Å². The zero-order valence-corrected chi connectivity index (χ0v) is 17.4. The second-order valence-electron chi connectivity index (χ2n) is 8.24. The number of aromatic nitrogens is 1. The van der Waals surface area contributed by atoms with Gasteiger partial charge in [0.05, 0.1) is 30.5 Å². The SMILES string of the molecule is COc1ccc(C(=O)Nc2ccc(B3OC(C)(C)C(C)(C)O3)c3c2CCO3)cn1. The van der Waals surface area contributed by atoms with E-state index in [-0.39, 0.29) is 5.91 Å². The lowest BCUT2D eigenvalue weighted by molar-refractivity contribution is 0.00578. The van der Waals surface area contributed by atoms with Crippen molar-refractivity contribution < 1.29 is 23.6 Å². The van der Waals surface area contributed by atoms with Crippen molar-refractivity contribution in [3.8, 4) is 11.6 Å². The van der Waals surface area contributed by atoms with Gasteiger partial charge in [-0.15, -0.1) is 0 Å². The average molecular weight is 396 g/mol. The molecule has 2 aromatic rings. The van der Waals surface area contributed by atoms with Crippen LogP contribution >= 0.6 is 0 Å². The highest BCUT2D eigenvalue weighted by Crippen LogP contribution is 2.39. The number of pyridine rings is 1. The smallest absolute Gasteiger partial charge is 0.493 e. The maximum Gasteiger partial charge on any atom is 0.498 e. The fourth-order valence-electron chi connectivity index (χ4n) is 3.42. The zero-order valence-electron chi connectivity index (χ0n) is 17.4. The number of hydrogen-bond donors (Lipinski definition) is 1. The van der Waals surface area contributed by atoms with Crippen molar-refractivity contribution in [3.05, 3.63) is 41.6 Å². The molecule has 8 heteroatoms. The highest BCUT2D eigenvalue weighted by atomic mass is 16.7. The molecule has 1 aromatic heterocycles. The van der Waals surface area contributed by atoms with Crippen molar-refractivity contribution in [2.45, 2.75) is 45.3 Å². The third-order valence-electron chi connectivity index (χ3n) is 5.85. The standard InChI is InChI=1S/C21H25BN2O5/c1-20(2)21(3,4)29-22(28-20)15-7-8-16(14-10-11-27-18(14)15)24-19(25)13-6-9-17(26-5)23-12-13/h6-9,12H,10-11H2,1-5H3,(H,24,25). The van der Waals surface area contributed by atoms with E-state index in [0.29, 0.717) is 24.5 Å². The number of nitrogens with one attached hydrogen (secondary N) is 1. The Morgan fingerprint density at radius 3 is 2.48 bits per heavy atom. The van der Waals surface area contributed by atoms with E-state index >= 15 is 0 Å². The van der Waals surface area contributed by atoms with Crippen LogP contribution in [0.1, 0.15) is 43.6 Å². The molecule has 0 aliphatic carbocycles. The molecule has 2 aliphatic heterocycles. The predicted octanol–water partition coefficient (Wildman–Crippen LogP) is 2.58. The first kappa shape index (κ1) is 19.7. The Morgan fingerprint density at radius 1 is 1.14 bits per heavy atom. The number of amides is 1. The first-order chi connectivity index (χ1) is 13.7. The molecule has 29 heavy (non-hydrogen) atoms. The van der Waals surface area contributed by atoms with E-state index in [1.54, 1.807) is 12.1 Å². The number of methoxy groups -OCH3 is 1. The Labute approximate surface area is 170 Å². The molecule has 0 radical (unpaired) electrons. The topological polar surface area (TPSA) is 78.9 Å². The van der Waals surface area contributed by atoms with E-state index in [4.69, 9.17) is 18.8 Å². The second-order valence-corrected chi connectivity index (χ2v) is 8.24. The highest BCUT2D eigenvalue weighted by molar-refractivity contribution is 6.63. The van der Waals surface area contributed by atoms with Crippen LogP contribution in [-0.2, 0) is 15.7 Å². The molecule has 3 heterocycles.